The molecule has 0 aliphatic carbocycles. The zero-order chi connectivity index (χ0) is 8.69. The smallest absolute Gasteiger partial charge is 0.0224 e. The van der Waals surface area contributed by atoms with Gasteiger partial charge in [-0.05, 0) is 32.2 Å². The molecule has 11 heavy (non-hydrogen) atoms. The van der Waals surface area contributed by atoms with E-state index in [1.807, 2.05) is 0 Å². The van der Waals surface area contributed by atoms with E-state index in [0.29, 0.717) is 6.04 Å². The number of nitrogens with one attached hydrogen (secondary N) is 1. The van der Waals surface area contributed by atoms with Crippen molar-refractivity contribution in [3.8, 4) is 0 Å². The first-order valence-corrected chi connectivity index (χ1v) is 4.99. The molecule has 1 N–H and O–H groups in total. The molecule has 0 bridgehead atoms. The van der Waals surface area contributed by atoms with Gasteiger partial charge in [-0.2, -0.15) is 0 Å². The summed E-state index contributed by atoms with van der Waals surface area (Å²) >= 11 is 5.58. The van der Waals surface area contributed by atoms with Crippen molar-refractivity contribution in [1.29, 1.82) is 0 Å². The SMILES string of the molecule is CC(C)CNC(C)CCCCl. The third-order valence-corrected chi connectivity index (χ3v) is 1.91. The Labute approximate surface area is 75.5 Å². The third-order valence-electron chi connectivity index (χ3n) is 1.65. The predicted molar refractivity (Wildman–Crippen MR) is 52.3 cm³/mol. The van der Waals surface area contributed by atoms with Crippen LogP contribution in [0.1, 0.15) is 33.6 Å². The van der Waals surface area contributed by atoms with Crippen LogP contribution in [0.2, 0.25) is 0 Å². The summed E-state index contributed by atoms with van der Waals surface area (Å²) in [5.74, 6) is 1.53. The summed E-state index contributed by atoms with van der Waals surface area (Å²) in [4.78, 5) is 0. The average Bonchev–Trinajstić information content (AvgIpc) is 1.97. The van der Waals surface area contributed by atoms with Crippen molar-refractivity contribution >= 4 is 11.6 Å². The fourth-order valence-corrected chi connectivity index (χ4v) is 1.08. The highest BCUT2D eigenvalue weighted by Gasteiger charge is 2.00. The molecule has 2 heteroatoms. The van der Waals surface area contributed by atoms with Crippen molar-refractivity contribution < 1.29 is 0 Å². The highest BCUT2D eigenvalue weighted by Crippen LogP contribution is 1.98. The Kier molecular flexibility index (Phi) is 7.09. The number of hydrogen-bond donors (Lipinski definition) is 1. The Hall–Kier alpha value is 0.250. The molecule has 1 nitrogen and oxygen atoms in total. The summed E-state index contributed by atoms with van der Waals surface area (Å²) in [5.41, 5.74) is 0. The fourth-order valence-electron chi connectivity index (χ4n) is 0.922. The Morgan fingerprint density at radius 3 is 2.36 bits per heavy atom. The topological polar surface area (TPSA) is 12.0 Å². The first-order valence-electron chi connectivity index (χ1n) is 4.46. The molecule has 0 spiro atoms. The van der Waals surface area contributed by atoms with Crippen LogP contribution < -0.4 is 5.32 Å². The molecule has 0 amide bonds. The molecule has 0 aromatic carbocycles. The van der Waals surface area contributed by atoms with Crippen LogP contribution in [0.5, 0.6) is 0 Å². The van der Waals surface area contributed by atoms with E-state index in [4.69, 9.17) is 11.6 Å². The maximum absolute atomic E-state index is 5.58. The summed E-state index contributed by atoms with van der Waals surface area (Å²) in [6, 6.07) is 0.621. The number of halogens is 1. The lowest BCUT2D eigenvalue weighted by Crippen LogP contribution is -2.29. The van der Waals surface area contributed by atoms with Crippen molar-refractivity contribution in [2.45, 2.75) is 39.7 Å². The third kappa shape index (κ3) is 8.15. The van der Waals surface area contributed by atoms with E-state index in [-0.39, 0.29) is 0 Å². The van der Waals surface area contributed by atoms with E-state index >= 15 is 0 Å². The first kappa shape index (κ1) is 11.2. The second-order valence-electron chi connectivity index (χ2n) is 3.53. The van der Waals surface area contributed by atoms with Crippen LogP contribution >= 0.6 is 11.6 Å². The van der Waals surface area contributed by atoms with Gasteiger partial charge in [0.05, 0.1) is 0 Å². The second kappa shape index (κ2) is 6.93. The molecule has 0 saturated carbocycles. The molecule has 1 atom stereocenters. The zero-order valence-corrected chi connectivity index (χ0v) is 8.62. The highest BCUT2D eigenvalue weighted by molar-refractivity contribution is 6.17. The molecule has 1 unspecified atom stereocenters. The van der Waals surface area contributed by atoms with Crippen LogP contribution in [0.3, 0.4) is 0 Å². The Balaban J connectivity index is 3.15. The van der Waals surface area contributed by atoms with Crippen molar-refractivity contribution in [2.24, 2.45) is 5.92 Å². The standard InChI is InChI=1S/C9H20ClN/c1-8(2)7-11-9(3)5-4-6-10/h8-9,11H,4-7H2,1-3H3. The van der Waals surface area contributed by atoms with Crippen LogP contribution in [0, 0.1) is 5.92 Å². The summed E-state index contributed by atoms with van der Waals surface area (Å²) in [7, 11) is 0. The Morgan fingerprint density at radius 1 is 1.27 bits per heavy atom. The second-order valence-corrected chi connectivity index (χ2v) is 3.91. The van der Waals surface area contributed by atoms with Gasteiger partial charge < -0.3 is 5.32 Å². The molecule has 0 aromatic rings. The van der Waals surface area contributed by atoms with Crippen molar-refractivity contribution in [2.75, 3.05) is 12.4 Å². The number of alkyl halides is 1. The number of hydrogen-bond acceptors (Lipinski definition) is 1. The van der Waals surface area contributed by atoms with Gasteiger partial charge in [-0.25, -0.2) is 0 Å². The molecule has 0 saturated heterocycles. The molecule has 0 aliphatic rings. The molecule has 0 fully saturated rings. The molecule has 0 radical (unpaired) electrons. The lowest BCUT2D eigenvalue weighted by molar-refractivity contribution is 0.461. The largest absolute Gasteiger partial charge is 0.314 e. The Bertz CT molecular complexity index is 83.6. The van der Waals surface area contributed by atoms with Crippen LogP contribution in [0.4, 0.5) is 0 Å². The monoisotopic (exact) mass is 177 g/mol. The quantitative estimate of drug-likeness (QED) is 0.616. The number of rotatable bonds is 6. The van der Waals surface area contributed by atoms with Crippen LogP contribution in [-0.4, -0.2) is 18.5 Å². The van der Waals surface area contributed by atoms with Crippen LogP contribution in [0.25, 0.3) is 0 Å². The maximum atomic E-state index is 5.58. The van der Waals surface area contributed by atoms with Gasteiger partial charge in [-0.1, -0.05) is 13.8 Å². The lowest BCUT2D eigenvalue weighted by Gasteiger charge is -2.14. The van der Waals surface area contributed by atoms with Gasteiger partial charge in [-0.3, -0.25) is 0 Å². The highest BCUT2D eigenvalue weighted by atomic mass is 35.5. The van der Waals surface area contributed by atoms with Gasteiger partial charge >= 0.3 is 0 Å². The van der Waals surface area contributed by atoms with E-state index in [9.17, 15) is 0 Å². The normalized spacial score (nSPS) is 13.9. The minimum Gasteiger partial charge on any atom is -0.314 e. The molecular formula is C9H20ClN. The molecule has 0 aromatic heterocycles. The van der Waals surface area contributed by atoms with Crippen LogP contribution in [0.15, 0.2) is 0 Å². The van der Waals surface area contributed by atoms with Gasteiger partial charge in [0.1, 0.15) is 0 Å². The fraction of sp³-hybridized carbons (Fsp3) is 1.00. The van der Waals surface area contributed by atoms with E-state index in [2.05, 4.69) is 26.1 Å². The van der Waals surface area contributed by atoms with Gasteiger partial charge in [0.15, 0.2) is 0 Å². The predicted octanol–water partition coefficient (Wildman–Crippen LogP) is 2.64. The Morgan fingerprint density at radius 2 is 1.91 bits per heavy atom. The van der Waals surface area contributed by atoms with Crippen molar-refractivity contribution in [3.05, 3.63) is 0 Å². The summed E-state index contributed by atoms with van der Waals surface area (Å²) in [6.45, 7) is 7.78. The minimum absolute atomic E-state index is 0.621. The van der Waals surface area contributed by atoms with E-state index in [0.717, 1.165) is 24.8 Å². The molecule has 0 heterocycles. The van der Waals surface area contributed by atoms with Gasteiger partial charge in [0.25, 0.3) is 0 Å². The maximum Gasteiger partial charge on any atom is 0.0224 e. The van der Waals surface area contributed by atoms with E-state index in [1.54, 1.807) is 0 Å². The van der Waals surface area contributed by atoms with Gasteiger partial charge in [-0.15, -0.1) is 11.6 Å². The van der Waals surface area contributed by atoms with E-state index < -0.39 is 0 Å². The lowest BCUT2D eigenvalue weighted by atomic mass is 10.1. The van der Waals surface area contributed by atoms with Gasteiger partial charge in [0.2, 0.25) is 0 Å². The average molecular weight is 178 g/mol. The van der Waals surface area contributed by atoms with E-state index in [1.165, 1.54) is 6.42 Å². The molecular weight excluding hydrogens is 158 g/mol. The summed E-state index contributed by atoms with van der Waals surface area (Å²) in [6.07, 6.45) is 2.31. The molecule has 0 rings (SSSR count). The zero-order valence-electron chi connectivity index (χ0n) is 7.86. The first-order chi connectivity index (χ1) is 5.16. The molecule has 0 aliphatic heterocycles. The minimum atomic E-state index is 0.621. The van der Waals surface area contributed by atoms with Crippen molar-refractivity contribution in [3.63, 3.8) is 0 Å². The summed E-state index contributed by atoms with van der Waals surface area (Å²) in [5, 5.41) is 3.46. The summed E-state index contributed by atoms with van der Waals surface area (Å²) < 4.78 is 0. The van der Waals surface area contributed by atoms with Crippen molar-refractivity contribution in [1.82, 2.24) is 5.32 Å². The van der Waals surface area contributed by atoms with Gasteiger partial charge in [0, 0.05) is 11.9 Å². The molecule has 68 valence electrons. The van der Waals surface area contributed by atoms with Crippen LogP contribution in [-0.2, 0) is 0 Å².